The van der Waals surface area contributed by atoms with Gasteiger partial charge in [0, 0.05) is 11.3 Å². The molecule has 0 aliphatic heterocycles. The van der Waals surface area contributed by atoms with Gasteiger partial charge in [0.1, 0.15) is 5.78 Å². The molecule has 168 valence electrons. The Morgan fingerprint density at radius 2 is 1.70 bits per heavy atom. The van der Waals surface area contributed by atoms with Gasteiger partial charge in [-0.15, -0.1) is 0 Å². The monoisotopic (exact) mass is 416 g/mol. The Labute approximate surface area is 181 Å². The van der Waals surface area contributed by atoms with E-state index in [-0.39, 0.29) is 45.9 Å². The number of hydrogen-bond acceptors (Lipinski definition) is 4. The Bertz CT molecular complexity index is 814. The standard InChI is InChI=1S/C26H40O4/c1-15-13-26(21(29)30-8)16(2)24(6,20(15)28)14-18-23(5)11-10-19(27)22(3,4)17(23)9-12-25(18,26)7/h15,17-19,27H,2,9-14H2,1,3-8H3/t15?,17?,18?,19-,23-,24-,25+,26-/m0/s1. The van der Waals surface area contributed by atoms with E-state index in [4.69, 9.17) is 4.74 Å². The number of carbonyl (C=O) groups excluding carboxylic acids is 2. The van der Waals surface area contributed by atoms with Crippen LogP contribution in [-0.2, 0) is 14.3 Å². The second-order valence-electron chi connectivity index (χ2n) is 12.3. The van der Waals surface area contributed by atoms with E-state index in [0.717, 1.165) is 37.7 Å². The molecule has 0 aromatic heterocycles. The van der Waals surface area contributed by atoms with Crippen LogP contribution in [0.25, 0.3) is 0 Å². The second-order valence-corrected chi connectivity index (χ2v) is 12.3. The highest BCUT2D eigenvalue weighted by atomic mass is 16.5. The lowest BCUT2D eigenvalue weighted by Gasteiger charge is -2.72. The van der Waals surface area contributed by atoms with Crippen molar-refractivity contribution in [3.63, 3.8) is 0 Å². The van der Waals surface area contributed by atoms with Crippen LogP contribution in [-0.4, -0.2) is 30.1 Å². The number of aliphatic hydroxyl groups is 1. The van der Waals surface area contributed by atoms with Gasteiger partial charge in [0.2, 0.25) is 0 Å². The van der Waals surface area contributed by atoms with Crippen LogP contribution < -0.4 is 0 Å². The van der Waals surface area contributed by atoms with Crippen molar-refractivity contribution in [2.75, 3.05) is 7.11 Å². The number of hydrogen-bond donors (Lipinski definition) is 1. The van der Waals surface area contributed by atoms with Gasteiger partial charge in [-0.05, 0) is 79.1 Å². The Balaban J connectivity index is 1.94. The van der Waals surface area contributed by atoms with Crippen LogP contribution in [0, 0.1) is 44.8 Å². The van der Waals surface area contributed by atoms with E-state index in [0.29, 0.717) is 12.3 Å². The van der Waals surface area contributed by atoms with Crippen molar-refractivity contribution in [1.82, 2.24) is 0 Å². The van der Waals surface area contributed by atoms with E-state index in [1.165, 1.54) is 7.11 Å². The fourth-order valence-corrected chi connectivity index (χ4v) is 9.17. The summed E-state index contributed by atoms with van der Waals surface area (Å²) >= 11 is 0. The van der Waals surface area contributed by atoms with Crippen molar-refractivity contribution in [1.29, 1.82) is 0 Å². The molecule has 8 atom stereocenters. The van der Waals surface area contributed by atoms with Gasteiger partial charge in [0.05, 0.1) is 18.6 Å². The van der Waals surface area contributed by atoms with Gasteiger partial charge in [0.25, 0.3) is 0 Å². The maximum atomic E-state index is 13.6. The number of ketones is 1. The van der Waals surface area contributed by atoms with E-state index in [1.54, 1.807) is 0 Å². The summed E-state index contributed by atoms with van der Waals surface area (Å²) in [6, 6.07) is 0. The molecule has 4 rings (SSSR count). The number of esters is 1. The SMILES string of the molecule is C=C1[C@]2(C)CC3[C@@]4(C)CC[C@H](O)C(C)(C)C4CC[C@@]3(C)[C@@]1(C(=O)OC)CC(C)C2=O. The first-order valence-electron chi connectivity index (χ1n) is 11.7. The average Bonchev–Trinajstić information content (AvgIpc) is 2.68. The highest BCUT2D eigenvalue weighted by molar-refractivity contribution is 5.96. The summed E-state index contributed by atoms with van der Waals surface area (Å²) in [6.07, 6.45) is 4.56. The van der Waals surface area contributed by atoms with Gasteiger partial charge in [-0.1, -0.05) is 41.2 Å². The maximum absolute atomic E-state index is 13.6. The van der Waals surface area contributed by atoms with Crippen molar-refractivity contribution >= 4 is 11.8 Å². The third kappa shape index (κ3) is 2.22. The molecule has 0 radical (unpaired) electrons. The maximum Gasteiger partial charge on any atom is 0.316 e. The topological polar surface area (TPSA) is 63.6 Å². The fraction of sp³-hybridized carbons (Fsp3) is 0.846. The van der Waals surface area contributed by atoms with E-state index < -0.39 is 10.8 Å². The Hall–Kier alpha value is -1.16. The number of carbonyl (C=O) groups is 2. The normalized spacial score (nSPS) is 52.3. The van der Waals surface area contributed by atoms with Gasteiger partial charge in [-0.2, -0.15) is 0 Å². The molecule has 0 saturated heterocycles. The summed E-state index contributed by atoms with van der Waals surface area (Å²) in [4.78, 5) is 27.1. The minimum atomic E-state index is -0.819. The van der Waals surface area contributed by atoms with Crippen LogP contribution in [0.1, 0.15) is 80.1 Å². The molecule has 0 aromatic rings. The minimum Gasteiger partial charge on any atom is -0.468 e. The molecule has 30 heavy (non-hydrogen) atoms. The Morgan fingerprint density at radius 3 is 2.30 bits per heavy atom. The molecular formula is C26H40O4. The van der Waals surface area contributed by atoms with E-state index in [2.05, 4.69) is 34.3 Å². The molecule has 0 heterocycles. The predicted molar refractivity (Wildman–Crippen MR) is 117 cm³/mol. The van der Waals surface area contributed by atoms with Crippen LogP contribution in [0.5, 0.6) is 0 Å². The van der Waals surface area contributed by atoms with Gasteiger partial charge < -0.3 is 9.84 Å². The Morgan fingerprint density at radius 1 is 1.07 bits per heavy atom. The molecule has 0 amide bonds. The molecule has 3 unspecified atom stereocenters. The first-order valence-corrected chi connectivity index (χ1v) is 11.7. The summed E-state index contributed by atoms with van der Waals surface area (Å²) in [5, 5.41) is 10.8. The van der Waals surface area contributed by atoms with Crippen molar-refractivity contribution in [3.8, 4) is 0 Å². The third-order valence-electron chi connectivity index (χ3n) is 10.9. The van der Waals surface area contributed by atoms with Gasteiger partial charge in [0.15, 0.2) is 0 Å². The summed E-state index contributed by atoms with van der Waals surface area (Å²) in [7, 11) is 1.48. The van der Waals surface area contributed by atoms with Gasteiger partial charge >= 0.3 is 5.97 Å². The molecule has 4 nitrogen and oxygen atoms in total. The molecule has 1 N–H and O–H groups in total. The first-order chi connectivity index (χ1) is 13.7. The zero-order chi connectivity index (χ0) is 22.5. The van der Waals surface area contributed by atoms with Gasteiger partial charge in [-0.25, -0.2) is 0 Å². The highest BCUT2D eigenvalue weighted by Gasteiger charge is 2.75. The quantitative estimate of drug-likeness (QED) is 0.486. The van der Waals surface area contributed by atoms with Crippen LogP contribution in [0.3, 0.4) is 0 Å². The Kier molecular flexibility index (Phi) is 4.56. The van der Waals surface area contributed by atoms with Crippen molar-refractivity contribution in [2.45, 2.75) is 86.2 Å². The smallest absolute Gasteiger partial charge is 0.316 e. The van der Waals surface area contributed by atoms with E-state index in [1.807, 2.05) is 13.8 Å². The van der Waals surface area contributed by atoms with E-state index in [9.17, 15) is 14.7 Å². The molecule has 4 aliphatic rings. The summed E-state index contributed by atoms with van der Waals surface area (Å²) in [5.41, 5.74) is -1.22. The average molecular weight is 417 g/mol. The molecule has 4 aliphatic carbocycles. The molecular weight excluding hydrogens is 376 g/mol. The third-order valence-corrected chi connectivity index (χ3v) is 10.9. The molecule has 4 saturated carbocycles. The summed E-state index contributed by atoms with van der Waals surface area (Å²) < 4.78 is 5.46. The van der Waals surface area contributed by atoms with Crippen LogP contribution in [0.15, 0.2) is 12.2 Å². The first kappa shape index (κ1) is 22.0. The van der Waals surface area contributed by atoms with Crippen molar-refractivity contribution in [3.05, 3.63) is 12.2 Å². The molecule has 4 fully saturated rings. The highest BCUT2D eigenvalue weighted by Crippen LogP contribution is 2.77. The predicted octanol–water partition coefficient (Wildman–Crippen LogP) is 4.94. The summed E-state index contributed by atoms with van der Waals surface area (Å²) in [5.74, 6) is 0.427. The number of rotatable bonds is 1. The lowest BCUT2D eigenvalue weighted by atomic mass is 9.30. The fourth-order valence-electron chi connectivity index (χ4n) is 9.17. The number of Topliss-reactive ketones (excluding diaryl/α,β-unsaturated/α-hetero) is 1. The number of aliphatic hydroxyl groups excluding tert-OH is 1. The largest absolute Gasteiger partial charge is 0.468 e. The van der Waals surface area contributed by atoms with E-state index >= 15 is 0 Å². The van der Waals surface area contributed by atoms with Crippen LogP contribution in [0.2, 0.25) is 0 Å². The number of ether oxygens (including phenoxy) is 1. The lowest BCUT2D eigenvalue weighted by Crippen LogP contribution is -2.70. The van der Waals surface area contributed by atoms with Crippen LogP contribution >= 0.6 is 0 Å². The minimum absolute atomic E-state index is 0.0299. The lowest BCUT2D eigenvalue weighted by molar-refractivity contribution is -0.230. The molecule has 0 spiro atoms. The number of methoxy groups -OCH3 is 1. The molecule has 0 aromatic carbocycles. The second kappa shape index (κ2) is 6.21. The zero-order valence-electron chi connectivity index (χ0n) is 19.9. The van der Waals surface area contributed by atoms with Gasteiger partial charge in [-0.3, -0.25) is 9.59 Å². The number of fused-ring (bicyclic) bond motifs is 6. The van der Waals surface area contributed by atoms with Crippen molar-refractivity contribution in [2.24, 2.45) is 44.8 Å². The van der Waals surface area contributed by atoms with Crippen molar-refractivity contribution < 1.29 is 19.4 Å². The van der Waals surface area contributed by atoms with Crippen LogP contribution in [0.4, 0.5) is 0 Å². The summed E-state index contributed by atoms with van der Waals surface area (Å²) in [6.45, 7) is 17.5. The zero-order valence-corrected chi connectivity index (χ0v) is 19.9. The molecule has 2 bridgehead atoms. The molecule has 4 heteroatoms.